The Morgan fingerprint density at radius 1 is 1.00 bits per heavy atom. The van der Waals surface area contributed by atoms with Gasteiger partial charge in [0, 0.05) is 57.0 Å². The van der Waals surface area contributed by atoms with E-state index in [1.807, 2.05) is 25.7 Å². The summed E-state index contributed by atoms with van der Waals surface area (Å²) >= 11 is 5.94. The summed E-state index contributed by atoms with van der Waals surface area (Å²) in [6.07, 6.45) is -0.450. The number of hydrogen-bond donors (Lipinski definition) is 0. The second-order valence-electron chi connectivity index (χ2n) is 10.7. The van der Waals surface area contributed by atoms with Gasteiger partial charge < -0.3 is 14.5 Å². The molecule has 2 aliphatic rings. The highest BCUT2D eigenvalue weighted by Crippen LogP contribution is 2.26. The third-order valence-electron chi connectivity index (χ3n) is 6.10. The first-order chi connectivity index (χ1) is 15.3. The molecule has 0 aliphatic carbocycles. The van der Waals surface area contributed by atoms with E-state index in [4.69, 9.17) is 16.3 Å². The van der Waals surface area contributed by atoms with Crippen LogP contribution >= 0.6 is 11.6 Å². The Bertz CT molecular complexity index is 875. The van der Waals surface area contributed by atoms with Crippen LogP contribution in [0.3, 0.4) is 0 Å². The number of piperazine rings is 2. The quantitative estimate of drug-likeness (QED) is 0.641. The first-order valence-corrected chi connectivity index (χ1v) is 11.9. The summed E-state index contributed by atoms with van der Waals surface area (Å²) in [7, 11) is 0. The van der Waals surface area contributed by atoms with Crippen molar-refractivity contribution >= 4 is 29.3 Å². The predicted molar refractivity (Wildman–Crippen MR) is 128 cm³/mol. The van der Waals surface area contributed by atoms with Crippen molar-refractivity contribution in [3.8, 4) is 0 Å². The second kappa shape index (κ2) is 9.66. The molecule has 2 saturated heterocycles. The van der Waals surface area contributed by atoms with Crippen LogP contribution in [-0.4, -0.2) is 89.7 Å². The van der Waals surface area contributed by atoms with E-state index in [9.17, 15) is 14.0 Å². The van der Waals surface area contributed by atoms with Gasteiger partial charge in [-0.15, -0.1) is 0 Å². The van der Waals surface area contributed by atoms with Crippen LogP contribution in [-0.2, 0) is 9.53 Å². The number of carbonyl (C=O) groups excluding carboxylic acids is 2. The van der Waals surface area contributed by atoms with Crippen LogP contribution in [0.2, 0.25) is 5.02 Å². The fourth-order valence-electron chi connectivity index (χ4n) is 4.22. The molecule has 0 unspecified atom stereocenters. The van der Waals surface area contributed by atoms with Crippen molar-refractivity contribution in [2.75, 3.05) is 50.7 Å². The third kappa shape index (κ3) is 6.29. The number of amides is 2. The van der Waals surface area contributed by atoms with E-state index in [1.54, 1.807) is 17.0 Å². The summed E-state index contributed by atoms with van der Waals surface area (Å²) in [5.41, 5.74) is 0.0907. The Balaban J connectivity index is 1.72. The largest absolute Gasteiger partial charge is 0.444 e. The zero-order valence-electron chi connectivity index (χ0n) is 20.5. The Hall–Kier alpha value is -2.06. The van der Waals surface area contributed by atoms with E-state index >= 15 is 0 Å². The highest BCUT2D eigenvalue weighted by atomic mass is 35.5. The first-order valence-electron chi connectivity index (χ1n) is 11.5. The molecule has 2 fully saturated rings. The lowest BCUT2D eigenvalue weighted by molar-refractivity contribution is -0.140. The Morgan fingerprint density at radius 2 is 1.64 bits per heavy atom. The SMILES string of the molecule is CC(C)(C)OC(=O)N1CCN(C(C)(C)C)C[C@H]1C(=O)N1CCN(c2ccc(F)c(Cl)c2)CC1. The highest BCUT2D eigenvalue weighted by Gasteiger charge is 2.42. The molecule has 1 aromatic carbocycles. The molecule has 0 saturated carbocycles. The van der Waals surface area contributed by atoms with Crippen LogP contribution in [0.1, 0.15) is 41.5 Å². The molecule has 33 heavy (non-hydrogen) atoms. The molecule has 3 rings (SSSR count). The second-order valence-corrected chi connectivity index (χ2v) is 11.1. The molecule has 2 aliphatic heterocycles. The van der Waals surface area contributed by atoms with Gasteiger partial charge in [0.15, 0.2) is 0 Å². The third-order valence-corrected chi connectivity index (χ3v) is 6.39. The Morgan fingerprint density at radius 3 is 2.18 bits per heavy atom. The summed E-state index contributed by atoms with van der Waals surface area (Å²) in [4.78, 5) is 34.3. The van der Waals surface area contributed by atoms with Crippen LogP contribution in [0, 0.1) is 5.82 Å². The standard InChI is InChI=1S/C24H36ClFN4O3/c1-23(2,3)29-13-14-30(22(32)33-24(4,5)6)20(16-29)21(31)28-11-9-27(10-12-28)17-7-8-19(26)18(25)15-17/h7-8,15,20H,9-14,16H2,1-6H3/t20-/m0/s1. The summed E-state index contributed by atoms with van der Waals surface area (Å²) in [5.74, 6) is -0.510. The molecule has 2 heterocycles. The summed E-state index contributed by atoms with van der Waals surface area (Å²) < 4.78 is 19.1. The first kappa shape index (κ1) is 25.6. The maximum atomic E-state index is 13.6. The summed E-state index contributed by atoms with van der Waals surface area (Å²) in [6, 6.07) is 4.07. The van der Waals surface area contributed by atoms with E-state index in [2.05, 4.69) is 30.6 Å². The smallest absolute Gasteiger partial charge is 0.411 e. The van der Waals surface area contributed by atoms with Crippen molar-refractivity contribution < 1.29 is 18.7 Å². The average Bonchev–Trinajstić information content (AvgIpc) is 2.73. The van der Waals surface area contributed by atoms with Crippen molar-refractivity contribution in [2.45, 2.75) is 58.7 Å². The fourth-order valence-corrected chi connectivity index (χ4v) is 4.39. The topological polar surface area (TPSA) is 56.3 Å². The van der Waals surface area contributed by atoms with Gasteiger partial charge in [-0.25, -0.2) is 9.18 Å². The maximum absolute atomic E-state index is 13.6. The molecule has 1 atom stereocenters. The number of ether oxygens (including phenoxy) is 1. The minimum atomic E-state index is -0.631. The van der Waals surface area contributed by atoms with Gasteiger partial charge in [-0.1, -0.05) is 11.6 Å². The number of anilines is 1. The molecule has 0 aromatic heterocycles. The van der Waals surface area contributed by atoms with Crippen molar-refractivity contribution in [1.29, 1.82) is 0 Å². The molecular weight excluding hydrogens is 447 g/mol. The van der Waals surface area contributed by atoms with E-state index in [1.165, 1.54) is 6.07 Å². The van der Waals surface area contributed by atoms with Crippen molar-refractivity contribution in [1.82, 2.24) is 14.7 Å². The van der Waals surface area contributed by atoms with E-state index in [-0.39, 0.29) is 16.5 Å². The van der Waals surface area contributed by atoms with Crippen molar-refractivity contribution in [2.24, 2.45) is 0 Å². The average molecular weight is 483 g/mol. The van der Waals surface area contributed by atoms with E-state index < -0.39 is 23.6 Å². The molecule has 7 nitrogen and oxygen atoms in total. The Labute approximate surface area is 201 Å². The highest BCUT2D eigenvalue weighted by molar-refractivity contribution is 6.31. The number of nitrogens with zero attached hydrogens (tertiary/aromatic N) is 4. The van der Waals surface area contributed by atoms with Crippen LogP contribution in [0.4, 0.5) is 14.9 Å². The van der Waals surface area contributed by atoms with Crippen LogP contribution in [0.5, 0.6) is 0 Å². The minimum absolute atomic E-state index is 0.0633. The molecular formula is C24H36ClFN4O3. The number of benzene rings is 1. The number of rotatable bonds is 2. The number of hydrogen-bond acceptors (Lipinski definition) is 5. The van der Waals surface area contributed by atoms with Crippen LogP contribution in [0.25, 0.3) is 0 Å². The molecule has 9 heteroatoms. The lowest BCUT2D eigenvalue weighted by Gasteiger charge is -2.47. The van der Waals surface area contributed by atoms with Crippen molar-refractivity contribution in [3.63, 3.8) is 0 Å². The lowest BCUT2D eigenvalue weighted by atomic mass is 10.0. The van der Waals surface area contributed by atoms with Gasteiger partial charge in [-0.05, 0) is 59.7 Å². The van der Waals surface area contributed by atoms with Crippen molar-refractivity contribution in [3.05, 3.63) is 29.0 Å². The van der Waals surface area contributed by atoms with Gasteiger partial charge in [0.05, 0.1) is 5.02 Å². The number of halogens is 2. The van der Waals surface area contributed by atoms with Crippen LogP contribution < -0.4 is 4.90 Å². The lowest BCUT2D eigenvalue weighted by Crippen LogP contribution is -2.65. The van der Waals surface area contributed by atoms with Gasteiger partial charge in [0.25, 0.3) is 0 Å². The molecule has 2 amide bonds. The minimum Gasteiger partial charge on any atom is -0.444 e. The summed E-state index contributed by atoms with van der Waals surface area (Å²) in [5, 5.41) is 0.0866. The zero-order valence-corrected chi connectivity index (χ0v) is 21.3. The van der Waals surface area contributed by atoms with Gasteiger partial charge in [0.1, 0.15) is 17.5 Å². The van der Waals surface area contributed by atoms with E-state index in [0.29, 0.717) is 45.8 Å². The molecule has 184 valence electrons. The molecule has 0 radical (unpaired) electrons. The monoisotopic (exact) mass is 482 g/mol. The van der Waals surface area contributed by atoms with E-state index in [0.717, 1.165) is 5.69 Å². The number of carbonyl (C=O) groups is 2. The van der Waals surface area contributed by atoms with Gasteiger partial charge in [-0.2, -0.15) is 0 Å². The summed E-state index contributed by atoms with van der Waals surface area (Å²) in [6.45, 7) is 15.7. The Kier molecular flexibility index (Phi) is 7.49. The molecule has 0 spiro atoms. The predicted octanol–water partition coefficient (Wildman–Crippen LogP) is 3.85. The normalized spacial score (nSPS) is 20.7. The maximum Gasteiger partial charge on any atom is 0.411 e. The fraction of sp³-hybridized carbons (Fsp3) is 0.667. The van der Waals surface area contributed by atoms with Gasteiger partial charge >= 0.3 is 6.09 Å². The molecule has 1 aromatic rings. The molecule has 0 N–H and O–H groups in total. The van der Waals surface area contributed by atoms with Gasteiger partial charge in [-0.3, -0.25) is 14.6 Å². The van der Waals surface area contributed by atoms with Gasteiger partial charge in [0.2, 0.25) is 5.91 Å². The van der Waals surface area contributed by atoms with Crippen LogP contribution in [0.15, 0.2) is 18.2 Å². The zero-order chi connectivity index (χ0) is 24.6. The molecule has 0 bridgehead atoms.